The number of nitrogens with one attached hydrogen (secondary N) is 1. The van der Waals surface area contributed by atoms with Crippen LogP contribution >= 0.6 is 11.6 Å². The van der Waals surface area contributed by atoms with Crippen molar-refractivity contribution in [3.8, 4) is 0 Å². The number of amides is 1. The third-order valence-electron chi connectivity index (χ3n) is 3.23. The Morgan fingerprint density at radius 1 is 1.00 bits per heavy atom. The molecule has 23 heavy (non-hydrogen) atoms. The fourth-order valence-corrected chi connectivity index (χ4v) is 2.17. The Morgan fingerprint density at radius 2 is 1.74 bits per heavy atom. The molecule has 0 unspecified atom stereocenters. The number of carbonyl (C=O) groups is 1. The van der Waals surface area contributed by atoms with E-state index in [0.717, 1.165) is 11.1 Å². The number of aromatic nitrogens is 2. The van der Waals surface area contributed by atoms with E-state index in [0.29, 0.717) is 23.9 Å². The van der Waals surface area contributed by atoms with E-state index in [2.05, 4.69) is 15.5 Å². The highest BCUT2D eigenvalue weighted by molar-refractivity contribution is 6.30. The van der Waals surface area contributed by atoms with Crippen LogP contribution in [0.1, 0.15) is 27.7 Å². The third kappa shape index (κ3) is 4.17. The first-order valence-electron chi connectivity index (χ1n) is 7.09. The lowest BCUT2D eigenvalue weighted by molar-refractivity contribution is 0.0914. The molecule has 0 radical (unpaired) electrons. The van der Waals surface area contributed by atoms with Gasteiger partial charge in [0.15, 0.2) is 0 Å². The second-order valence-corrected chi connectivity index (χ2v) is 5.41. The Morgan fingerprint density at radius 3 is 2.48 bits per heavy atom. The zero-order valence-electron chi connectivity index (χ0n) is 12.2. The number of nitrogens with zero attached hydrogens (tertiary/aromatic N) is 2. The molecule has 5 nitrogen and oxygen atoms in total. The highest BCUT2D eigenvalue weighted by Gasteiger charge is 2.14. The van der Waals surface area contributed by atoms with E-state index in [1.807, 2.05) is 42.5 Å². The Bertz CT molecular complexity index is 785. The maximum absolute atomic E-state index is 12.0. The number of hydrogen-bond donors (Lipinski definition) is 1. The summed E-state index contributed by atoms with van der Waals surface area (Å²) in [4.78, 5) is 12.0. The average molecular weight is 328 g/mol. The van der Waals surface area contributed by atoms with Gasteiger partial charge in [0.2, 0.25) is 5.89 Å². The lowest BCUT2D eigenvalue weighted by atomic mass is 10.1. The monoisotopic (exact) mass is 327 g/mol. The molecule has 3 aromatic rings. The molecule has 1 N–H and O–H groups in total. The van der Waals surface area contributed by atoms with Crippen molar-refractivity contribution in [2.24, 2.45) is 0 Å². The van der Waals surface area contributed by atoms with Gasteiger partial charge in [0.25, 0.3) is 0 Å². The lowest BCUT2D eigenvalue weighted by Crippen LogP contribution is -2.23. The zero-order valence-corrected chi connectivity index (χ0v) is 13.0. The topological polar surface area (TPSA) is 68.0 Å². The molecule has 1 aromatic heterocycles. The first-order chi connectivity index (χ1) is 11.2. The molecule has 0 spiro atoms. The average Bonchev–Trinajstić information content (AvgIpc) is 3.04. The van der Waals surface area contributed by atoms with Gasteiger partial charge in [-0.1, -0.05) is 54.1 Å². The van der Waals surface area contributed by atoms with Crippen molar-refractivity contribution in [3.63, 3.8) is 0 Å². The van der Waals surface area contributed by atoms with Gasteiger partial charge in [0.1, 0.15) is 0 Å². The number of carbonyl (C=O) groups excluding carboxylic acids is 1. The van der Waals surface area contributed by atoms with Gasteiger partial charge in [-0.15, -0.1) is 10.2 Å². The fourth-order valence-electron chi connectivity index (χ4n) is 2.05. The number of benzene rings is 2. The number of halogens is 1. The molecule has 0 saturated heterocycles. The standard InChI is InChI=1S/C17H14ClN3O2/c18-14-8-6-12(7-9-14)10-15-20-21-17(23-15)16(22)19-11-13-4-2-1-3-5-13/h1-9H,10-11H2,(H,19,22). The second-order valence-electron chi connectivity index (χ2n) is 4.97. The van der Waals surface area contributed by atoms with Gasteiger partial charge in [-0.05, 0) is 23.3 Å². The smallest absolute Gasteiger partial charge is 0.309 e. The van der Waals surface area contributed by atoms with E-state index < -0.39 is 0 Å². The summed E-state index contributed by atoms with van der Waals surface area (Å²) in [7, 11) is 0. The Hall–Kier alpha value is -2.66. The molecule has 1 heterocycles. The molecule has 0 aliphatic heterocycles. The molecule has 0 aliphatic carbocycles. The summed E-state index contributed by atoms with van der Waals surface area (Å²) in [5.74, 6) is -0.0363. The minimum absolute atomic E-state index is 0.0371. The number of rotatable bonds is 5. The van der Waals surface area contributed by atoms with Crippen molar-refractivity contribution in [1.29, 1.82) is 0 Å². The predicted molar refractivity (Wildman–Crippen MR) is 86.2 cm³/mol. The minimum atomic E-state index is -0.385. The van der Waals surface area contributed by atoms with Gasteiger partial charge in [-0.3, -0.25) is 4.79 Å². The van der Waals surface area contributed by atoms with E-state index in [1.54, 1.807) is 12.1 Å². The number of hydrogen-bond acceptors (Lipinski definition) is 4. The highest BCUT2D eigenvalue weighted by atomic mass is 35.5. The quantitative estimate of drug-likeness (QED) is 0.781. The normalized spacial score (nSPS) is 10.5. The molecule has 0 bridgehead atoms. The zero-order chi connectivity index (χ0) is 16.1. The van der Waals surface area contributed by atoms with Gasteiger partial charge >= 0.3 is 11.8 Å². The molecule has 0 fully saturated rings. The van der Waals surface area contributed by atoms with Crippen molar-refractivity contribution < 1.29 is 9.21 Å². The summed E-state index contributed by atoms with van der Waals surface area (Å²) in [6.45, 7) is 0.411. The predicted octanol–water partition coefficient (Wildman–Crippen LogP) is 3.24. The maximum atomic E-state index is 12.0. The van der Waals surface area contributed by atoms with Crippen LogP contribution in [-0.2, 0) is 13.0 Å². The highest BCUT2D eigenvalue weighted by Crippen LogP contribution is 2.13. The van der Waals surface area contributed by atoms with Crippen LogP contribution < -0.4 is 5.32 Å². The summed E-state index contributed by atoms with van der Waals surface area (Å²) in [6, 6.07) is 17.0. The van der Waals surface area contributed by atoms with Gasteiger partial charge in [-0.2, -0.15) is 0 Å². The van der Waals surface area contributed by atoms with E-state index in [9.17, 15) is 4.79 Å². The molecule has 0 aliphatic rings. The van der Waals surface area contributed by atoms with Crippen molar-refractivity contribution in [2.45, 2.75) is 13.0 Å². The van der Waals surface area contributed by atoms with E-state index in [1.165, 1.54) is 0 Å². The van der Waals surface area contributed by atoms with Crippen LogP contribution in [0.2, 0.25) is 5.02 Å². The Labute approximate surface area is 138 Å². The SMILES string of the molecule is O=C(NCc1ccccc1)c1nnc(Cc2ccc(Cl)cc2)o1. The summed E-state index contributed by atoms with van der Waals surface area (Å²) >= 11 is 5.84. The fraction of sp³-hybridized carbons (Fsp3) is 0.118. The third-order valence-corrected chi connectivity index (χ3v) is 3.48. The van der Waals surface area contributed by atoms with Crippen LogP contribution in [0.3, 0.4) is 0 Å². The van der Waals surface area contributed by atoms with E-state index >= 15 is 0 Å². The van der Waals surface area contributed by atoms with Gasteiger partial charge in [0.05, 0.1) is 6.42 Å². The first-order valence-corrected chi connectivity index (χ1v) is 7.47. The lowest BCUT2D eigenvalue weighted by Gasteiger charge is -2.01. The van der Waals surface area contributed by atoms with Crippen LogP contribution in [0.5, 0.6) is 0 Å². The molecule has 2 aromatic carbocycles. The summed E-state index contributed by atoms with van der Waals surface area (Å²) in [6.07, 6.45) is 0.454. The van der Waals surface area contributed by atoms with E-state index in [-0.39, 0.29) is 11.8 Å². The van der Waals surface area contributed by atoms with Crippen molar-refractivity contribution in [3.05, 3.63) is 82.5 Å². The maximum Gasteiger partial charge on any atom is 0.309 e. The largest absolute Gasteiger partial charge is 0.417 e. The Balaban J connectivity index is 1.59. The minimum Gasteiger partial charge on any atom is -0.417 e. The van der Waals surface area contributed by atoms with Crippen molar-refractivity contribution >= 4 is 17.5 Å². The van der Waals surface area contributed by atoms with Crippen LogP contribution in [0.15, 0.2) is 59.0 Å². The summed E-state index contributed by atoms with van der Waals surface area (Å²) in [5.41, 5.74) is 1.98. The van der Waals surface area contributed by atoms with Crippen LogP contribution in [0.4, 0.5) is 0 Å². The van der Waals surface area contributed by atoms with Crippen molar-refractivity contribution in [2.75, 3.05) is 0 Å². The molecule has 3 rings (SSSR count). The Kier molecular flexibility index (Phi) is 4.68. The van der Waals surface area contributed by atoms with Crippen molar-refractivity contribution in [1.82, 2.24) is 15.5 Å². The molecule has 0 saturated carbocycles. The van der Waals surface area contributed by atoms with Crippen LogP contribution in [0.25, 0.3) is 0 Å². The molecule has 116 valence electrons. The van der Waals surface area contributed by atoms with Crippen LogP contribution in [0, 0.1) is 0 Å². The van der Waals surface area contributed by atoms with Gasteiger partial charge in [0, 0.05) is 11.6 Å². The molecule has 1 amide bonds. The van der Waals surface area contributed by atoms with E-state index in [4.69, 9.17) is 16.0 Å². The van der Waals surface area contributed by atoms with Crippen LogP contribution in [-0.4, -0.2) is 16.1 Å². The van der Waals surface area contributed by atoms with Gasteiger partial charge in [-0.25, -0.2) is 0 Å². The second kappa shape index (κ2) is 7.07. The van der Waals surface area contributed by atoms with Gasteiger partial charge < -0.3 is 9.73 Å². The summed E-state index contributed by atoms with van der Waals surface area (Å²) < 4.78 is 5.40. The molecule has 0 atom stereocenters. The summed E-state index contributed by atoms with van der Waals surface area (Å²) in [5, 5.41) is 11.1. The first kappa shape index (κ1) is 15.2. The molecular formula is C17H14ClN3O2. The molecular weight excluding hydrogens is 314 g/mol. The molecule has 6 heteroatoms.